The number of aryl methyl sites for hydroxylation is 2. The number of nitrogens with zero attached hydrogens (tertiary/aromatic N) is 3. The van der Waals surface area contributed by atoms with Gasteiger partial charge in [0.1, 0.15) is 11.6 Å². The molecule has 0 saturated carbocycles. The first-order valence-electron chi connectivity index (χ1n) is 11.1. The molecule has 5 rings (SSSR count). The Balaban J connectivity index is 1.52. The van der Waals surface area contributed by atoms with Gasteiger partial charge in [0.05, 0.1) is 16.7 Å². The number of rotatable bonds is 4. The van der Waals surface area contributed by atoms with E-state index >= 15 is 4.39 Å². The lowest BCUT2D eigenvalue weighted by Gasteiger charge is -2.21. The number of carbonyl (C=O) groups excluding carboxylic acids is 1. The number of hydrogen-bond donors (Lipinski definition) is 1. The van der Waals surface area contributed by atoms with Gasteiger partial charge in [-0.1, -0.05) is 18.2 Å². The Morgan fingerprint density at radius 1 is 1.09 bits per heavy atom. The number of aliphatic hydroxyl groups is 1. The zero-order valence-electron chi connectivity index (χ0n) is 19.5. The fourth-order valence-corrected chi connectivity index (χ4v) is 4.72. The van der Waals surface area contributed by atoms with Gasteiger partial charge in [0.2, 0.25) is 0 Å². The van der Waals surface area contributed by atoms with Crippen LogP contribution in [0.4, 0.5) is 8.78 Å². The molecule has 1 aromatic heterocycles. The first-order chi connectivity index (χ1) is 16.0. The molecule has 5 nitrogen and oxygen atoms in total. The summed E-state index contributed by atoms with van der Waals surface area (Å²) in [7, 11) is 1.82. The van der Waals surface area contributed by atoms with Gasteiger partial charge in [0.25, 0.3) is 5.91 Å². The summed E-state index contributed by atoms with van der Waals surface area (Å²) in [5.74, 6) is -1.41. The third-order valence-corrected chi connectivity index (χ3v) is 6.45. The van der Waals surface area contributed by atoms with Crippen LogP contribution in [0.3, 0.4) is 0 Å². The van der Waals surface area contributed by atoms with Crippen LogP contribution in [0.5, 0.6) is 0 Å². The van der Waals surface area contributed by atoms with E-state index in [4.69, 9.17) is 0 Å². The van der Waals surface area contributed by atoms with Gasteiger partial charge in [0, 0.05) is 42.8 Å². The van der Waals surface area contributed by atoms with E-state index in [0.29, 0.717) is 33.3 Å². The van der Waals surface area contributed by atoms with Crippen LogP contribution < -0.4 is 0 Å². The molecule has 1 aliphatic rings. The average molecular weight is 462 g/mol. The second-order valence-electron chi connectivity index (χ2n) is 9.51. The van der Waals surface area contributed by atoms with Crippen molar-refractivity contribution in [3.8, 4) is 11.1 Å². The quantitative estimate of drug-likeness (QED) is 0.454. The van der Waals surface area contributed by atoms with Crippen molar-refractivity contribution in [2.24, 2.45) is 7.05 Å². The first kappa shape index (κ1) is 22.2. The van der Waals surface area contributed by atoms with E-state index < -0.39 is 23.1 Å². The summed E-state index contributed by atoms with van der Waals surface area (Å²) in [4.78, 5) is 14.2. The summed E-state index contributed by atoms with van der Waals surface area (Å²) in [5.41, 5.74) is 3.43. The summed E-state index contributed by atoms with van der Waals surface area (Å²) < 4.78 is 31.2. The molecule has 34 heavy (non-hydrogen) atoms. The number of hydrogen-bond acceptors (Lipinski definition) is 3. The van der Waals surface area contributed by atoms with Gasteiger partial charge < -0.3 is 10.0 Å². The summed E-state index contributed by atoms with van der Waals surface area (Å²) >= 11 is 0. The SMILES string of the molecule is Cc1cc(-c2cc(C(C)(C)O)c3nn(C)cc3c2)cc(F)c1CN1Cc2cccc(F)c2C1=O. The molecule has 1 N–H and O–H groups in total. The van der Waals surface area contributed by atoms with Crippen LogP contribution >= 0.6 is 0 Å². The van der Waals surface area contributed by atoms with Crippen LogP contribution in [0.25, 0.3) is 22.0 Å². The highest BCUT2D eigenvalue weighted by Crippen LogP contribution is 2.35. The van der Waals surface area contributed by atoms with Gasteiger partial charge in [0.15, 0.2) is 0 Å². The van der Waals surface area contributed by atoms with Crippen LogP contribution in [0.1, 0.15) is 46.5 Å². The summed E-state index contributed by atoms with van der Waals surface area (Å²) in [6.07, 6.45) is 1.86. The maximum Gasteiger partial charge on any atom is 0.257 e. The maximum atomic E-state index is 15.4. The van der Waals surface area contributed by atoms with Crippen molar-refractivity contribution in [3.05, 3.63) is 88.1 Å². The lowest BCUT2D eigenvalue weighted by Crippen LogP contribution is -2.24. The number of halogens is 2. The average Bonchev–Trinajstić information content (AvgIpc) is 3.28. The number of fused-ring (bicyclic) bond motifs is 2. The van der Waals surface area contributed by atoms with E-state index in [1.807, 2.05) is 31.4 Å². The second-order valence-corrected chi connectivity index (χ2v) is 9.51. The van der Waals surface area contributed by atoms with E-state index in [2.05, 4.69) is 5.10 Å². The van der Waals surface area contributed by atoms with E-state index in [1.165, 1.54) is 17.0 Å². The van der Waals surface area contributed by atoms with Crippen molar-refractivity contribution in [2.45, 2.75) is 39.5 Å². The van der Waals surface area contributed by atoms with Gasteiger partial charge in [-0.3, -0.25) is 9.48 Å². The predicted molar refractivity (Wildman–Crippen MR) is 126 cm³/mol. The molecule has 4 aromatic rings. The van der Waals surface area contributed by atoms with Crippen LogP contribution in [-0.2, 0) is 25.7 Å². The predicted octanol–water partition coefficient (Wildman–Crippen LogP) is 5.21. The van der Waals surface area contributed by atoms with Crippen LogP contribution in [0.2, 0.25) is 0 Å². The lowest BCUT2D eigenvalue weighted by atomic mass is 9.91. The highest BCUT2D eigenvalue weighted by atomic mass is 19.1. The van der Waals surface area contributed by atoms with Gasteiger partial charge in [-0.2, -0.15) is 5.10 Å². The normalized spacial score (nSPS) is 13.7. The number of carbonyl (C=O) groups is 1. The molecule has 0 fully saturated rings. The van der Waals surface area contributed by atoms with E-state index in [0.717, 1.165) is 10.9 Å². The largest absolute Gasteiger partial charge is 0.386 e. The number of amides is 1. The minimum absolute atomic E-state index is 0.0570. The summed E-state index contributed by atoms with van der Waals surface area (Å²) in [6.45, 7) is 5.50. The molecule has 0 unspecified atom stereocenters. The molecule has 1 amide bonds. The molecule has 174 valence electrons. The van der Waals surface area contributed by atoms with Crippen molar-refractivity contribution in [2.75, 3.05) is 0 Å². The van der Waals surface area contributed by atoms with Crippen molar-refractivity contribution >= 4 is 16.8 Å². The molecule has 0 saturated heterocycles. The van der Waals surface area contributed by atoms with Crippen LogP contribution in [-0.4, -0.2) is 25.7 Å². The maximum absolute atomic E-state index is 15.4. The van der Waals surface area contributed by atoms with Crippen LogP contribution in [0.15, 0.2) is 48.7 Å². The molecule has 0 atom stereocenters. The fourth-order valence-electron chi connectivity index (χ4n) is 4.72. The molecule has 0 radical (unpaired) electrons. The Kier molecular flexibility index (Phi) is 5.06. The van der Waals surface area contributed by atoms with Gasteiger partial charge in [-0.15, -0.1) is 0 Å². The topological polar surface area (TPSA) is 58.4 Å². The lowest BCUT2D eigenvalue weighted by molar-refractivity contribution is 0.0760. The zero-order chi connectivity index (χ0) is 24.4. The molecule has 0 aliphatic carbocycles. The van der Waals surface area contributed by atoms with Crippen molar-refractivity contribution in [1.29, 1.82) is 0 Å². The monoisotopic (exact) mass is 461 g/mol. The third-order valence-electron chi connectivity index (χ3n) is 6.45. The highest BCUT2D eigenvalue weighted by Gasteiger charge is 2.31. The van der Waals surface area contributed by atoms with E-state index in [-0.39, 0.29) is 18.7 Å². The minimum Gasteiger partial charge on any atom is -0.386 e. The molecule has 1 aliphatic heterocycles. The fraction of sp³-hybridized carbons (Fsp3) is 0.259. The Hall–Kier alpha value is -3.58. The molecule has 7 heteroatoms. The first-order valence-corrected chi connectivity index (χ1v) is 11.1. The molecule has 0 spiro atoms. The molecular weight excluding hydrogens is 436 g/mol. The minimum atomic E-state index is -1.13. The van der Waals surface area contributed by atoms with E-state index in [9.17, 15) is 14.3 Å². The van der Waals surface area contributed by atoms with Crippen molar-refractivity contribution in [1.82, 2.24) is 14.7 Å². The number of benzene rings is 3. The second kappa shape index (κ2) is 7.74. The Bertz CT molecular complexity index is 1440. The molecular formula is C27H25F2N3O2. The molecule has 3 aromatic carbocycles. The van der Waals surface area contributed by atoms with E-state index in [1.54, 1.807) is 37.6 Å². The van der Waals surface area contributed by atoms with Crippen molar-refractivity contribution < 1.29 is 18.7 Å². The van der Waals surface area contributed by atoms with Gasteiger partial charge in [-0.05, 0) is 67.3 Å². The Morgan fingerprint density at radius 3 is 2.50 bits per heavy atom. The highest BCUT2D eigenvalue weighted by molar-refractivity contribution is 5.98. The third kappa shape index (κ3) is 3.66. The number of aromatic nitrogens is 2. The Morgan fingerprint density at radius 2 is 1.82 bits per heavy atom. The van der Waals surface area contributed by atoms with Crippen LogP contribution in [0, 0.1) is 18.6 Å². The summed E-state index contributed by atoms with van der Waals surface area (Å²) in [5, 5.41) is 16.0. The van der Waals surface area contributed by atoms with Gasteiger partial charge >= 0.3 is 0 Å². The van der Waals surface area contributed by atoms with Gasteiger partial charge in [-0.25, -0.2) is 8.78 Å². The standard InChI is InChI=1S/C27H25F2N3O2/c1-15-8-17(18-9-19-12-31(4)30-25(19)21(10-18)27(2,3)34)11-23(29)20(15)14-32-13-16-6-5-7-22(28)24(16)26(32)33/h5-12,34H,13-14H2,1-4H3. The smallest absolute Gasteiger partial charge is 0.257 e. The zero-order valence-corrected chi connectivity index (χ0v) is 19.5. The Labute approximate surface area is 196 Å². The molecule has 2 heterocycles. The summed E-state index contributed by atoms with van der Waals surface area (Å²) in [6, 6.07) is 11.6. The van der Waals surface area contributed by atoms with Crippen molar-refractivity contribution in [3.63, 3.8) is 0 Å². The molecule has 0 bridgehead atoms.